The molecule has 0 aliphatic rings. The molecule has 0 spiro atoms. The van der Waals surface area contributed by atoms with Gasteiger partial charge in [-0.3, -0.25) is 9.63 Å². The molecule has 1 amide bonds. The van der Waals surface area contributed by atoms with Crippen molar-refractivity contribution in [3.8, 4) is 0 Å². The maximum atomic E-state index is 10.6. The van der Waals surface area contributed by atoms with Crippen LogP contribution in [-0.2, 0) is 9.63 Å². The Labute approximate surface area is 88.0 Å². The van der Waals surface area contributed by atoms with Crippen LogP contribution in [0.5, 0.6) is 0 Å². The highest BCUT2D eigenvalue weighted by Crippen LogP contribution is 2.19. The molecule has 3 nitrogen and oxygen atoms in total. The minimum atomic E-state index is -0.223. The SMILES string of the molecule is CC(=O)NO[C@@H](C)c1cccc(Cl)c1. The summed E-state index contributed by atoms with van der Waals surface area (Å²) in [7, 11) is 0. The fraction of sp³-hybridized carbons (Fsp3) is 0.300. The van der Waals surface area contributed by atoms with Gasteiger partial charge in [0.1, 0.15) is 6.10 Å². The van der Waals surface area contributed by atoms with Gasteiger partial charge >= 0.3 is 0 Å². The van der Waals surface area contributed by atoms with E-state index < -0.39 is 0 Å². The largest absolute Gasteiger partial charge is 0.273 e. The first kappa shape index (κ1) is 11.0. The fourth-order valence-electron chi connectivity index (χ4n) is 0.999. The van der Waals surface area contributed by atoms with Crippen LogP contribution in [0.3, 0.4) is 0 Å². The highest BCUT2D eigenvalue weighted by Gasteiger charge is 2.06. The number of benzene rings is 1. The van der Waals surface area contributed by atoms with E-state index in [9.17, 15) is 4.79 Å². The lowest BCUT2D eigenvalue weighted by atomic mass is 10.1. The van der Waals surface area contributed by atoms with E-state index in [-0.39, 0.29) is 12.0 Å². The van der Waals surface area contributed by atoms with Gasteiger partial charge < -0.3 is 0 Å². The highest BCUT2D eigenvalue weighted by molar-refractivity contribution is 6.30. The second-order valence-corrected chi connectivity index (χ2v) is 3.41. The van der Waals surface area contributed by atoms with Crippen molar-refractivity contribution in [1.29, 1.82) is 0 Å². The van der Waals surface area contributed by atoms with Crippen LogP contribution in [0.15, 0.2) is 24.3 Å². The molecule has 0 aliphatic carbocycles. The molecule has 0 bridgehead atoms. The number of hydrogen-bond acceptors (Lipinski definition) is 2. The van der Waals surface area contributed by atoms with Crippen molar-refractivity contribution in [2.45, 2.75) is 20.0 Å². The Balaban J connectivity index is 2.60. The van der Waals surface area contributed by atoms with Gasteiger partial charge in [-0.15, -0.1) is 0 Å². The molecule has 14 heavy (non-hydrogen) atoms. The van der Waals surface area contributed by atoms with Gasteiger partial charge in [-0.25, -0.2) is 5.48 Å². The van der Waals surface area contributed by atoms with Gasteiger partial charge in [-0.1, -0.05) is 23.7 Å². The number of carbonyl (C=O) groups excluding carboxylic acids is 1. The zero-order valence-electron chi connectivity index (χ0n) is 8.08. The van der Waals surface area contributed by atoms with Crippen molar-refractivity contribution >= 4 is 17.5 Å². The topological polar surface area (TPSA) is 38.3 Å². The number of carbonyl (C=O) groups is 1. The van der Waals surface area contributed by atoms with E-state index in [0.717, 1.165) is 5.56 Å². The van der Waals surface area contributed by atoms with Crippen LogP contribution in [-0.4, -0.2) is 5.91 Å². The molecular formula is C10H12ClNO2. The molecule has 0 saturated heterocycles. The molecular weight excluding hydrogens is 202 g/mol. The van der Waals surface area contributed by atoms with E-state index in [1.165, 1.54) is 6.92 Å². The number of amides is 1. The Hall–Kier alpha value is -1.06. The summed E-state index contributed by atoms with van der Waals surface area (Å²) in [6.07, 6.45) is -0.211. The van der Waals surface area contributed by atoms with Crippen molar-refractivity contribution < 1.29 is 9.63 Å². The molecule has 1 rings (SSSR count). The molecule has 0 fully saturated rings. The van der Waals surface area contributed by atoms with Gasteiger partial charge in [-0.05, 0) is 24.6 Å². The summed E-state index contributed by atoms with van der Waals surface area (Å²) in [5.74, 6) is -0.223. The molecule has 0 aliphatic heterocycles. The third-order valence-corrected chi connectivity index (χ3v) is 1.93. The minimum absolute atomic E-state index is 0.211. The fourth-order valence-corrected chi connectivity index (χ4v) is 1.20. The average molecular weight is 214 g/mol. The van der Waals surface area contributed by atoms with Crippen LogP contribution in [0.4, 0.5) is 0 Å². The van der Waals surface area contributed by atoms with E-state index in [1.807, 2.05) is 19.1 Å². The Morgan fingerprint density at radius 2 is 2.29 bits per heavy atom. The van der Waals surface area contributed by atoms with Crippen LogP contribution < -0.4 is 5.48 Å². The van der Waals surface area contributed by atoms with Gasteiger partial charge in [0, 0.05) is 11.9 Å². The minimum Gasteiger partial charge on any atom is -0.273 e. The van der Waals surface area contributed by atoms with Gasteiger partial charge in [0.15, 0.2) is 0 Å². The average Bonchev–Trinajstić information content (AvgIpc) is 2.14. The Bertz CT molecular complexity index is 328. The normalized spacial score (nSPS) is 12.2. The quantitative estimate of drug-likeness (QED) is 0.784. The summed E-state index contributed by atoms with van der Waals surface area (Å²) in [6, 6.07) is 7.31. The summed E-state index contributed by atoms with van der Waals surface area (Å²) in [4.78, 5) is 15.7. The Kier molecular flexibility index (Phi) is 3.92. The van der Waals surface area contributed by atoms with Crippen molar-refractivity contribution in [3.05, 3.63) is 34.9 Å². The molecule has 1 aromatic carbocycles. The number of hydrogen-bond donors (Lipinski definition) is 1. The molecule has 0 radical (unpaired) electrons. The lowest BCUT2D eigenvalue weighted by molar-refractivity contribution is -0.135. The van der Waals surface area contributed by atoms with E-state index >= 15 is 0 Å². The summed E-state index contributed by atoms with van der Waals surface area (Å²) >= 11 is 5.81. The molecule has 1 aromatic rings. The smallest absolute Gasteiger partial charge is 0.240 e. The first-order valence-electron chi connectivity index (χ1n) is 4.27. The number of rotatable bonds is 3. The third kappa shape index (κ3) is 3.36. The maximum absolute atomic E-state index is 10.6. The molecule has 0 heterocycles. The maximum Gasteiger partial charge on any atom is 0.240 e. The second-order valence-electron chi connectivity index (χ2n) is 2.97. The van der Waals surface area contributed by atoms with Crippen LogP contribution in [0.1, 0.15) is 25.5 Å². The van der Waals surface area contributed by atoms with Crippen LogP contribution >= 0.6 is 11.6 Å². The molecule has 0 unspecified atom stereocenters. The molecule has 0 aromatic heterocycles. The van der Waals surface area contributed by atoms with Gasteiger partial charge in [-0.2, -0.15) is 0 Å². The van der Waals surface area contributed by atoms with Crippen molar-refractivity contribution in [2.24, 2.45) is 0 Å². The van der Waals surface area contributed by atoms with Crippen molar-refractivity contribution in [3.63, 3.8) is 0 Å². The Morgan fingerprint density at radius 1 is 1.57 bits per heavy atom. The second kappa shape index (κ2) is 4.98. The first-order valence-corrected chi connectivity index (χ1v) is 4.65. The van der Waals surface area contributed by atoms with E-state index in [4.69, 9.17) is 16.4 Å². The number of hydroxylamine groups is 1. The van der Waals surface area contributed by atoms with Gasteiger partial charge in [0.2, 0.25) is 5.91 Å². The predicted molar refractivity (Wildman–Crippen MR) is 54.8 cm³/mol. The van der Waals surface area contributed by atoms with Crippen LogP contribution in [0.25, 0.3) is 0 Å². The molecule has 76 valence electrons. The molecule has 4 heteroatoms. The highest BCUT2D eigenvalue weighted by atomic mass is 35.5. The summed E-state index contributed by atoms with van der Waals surface area (Å²) in [5, 5.41) is 0.653. The predicted octanol–water partition coefficient (Wildman–Crippen LogP) is 2.47. The van der Waals surface area contributed by atoms with Crippen molar-refractivity contribution in [2.75, 3.05) is 0 Å². The molecule has 1 atom stereocenters. The van der Waals surface area contributed by atoms with Crippen molar-refractivity contribution in [1.82, 2.24) is 5.48 Å². The number of halogens is 1. The third-order valence-electron chi connectivity index (χ3n) is 1.70. The lowest BCUT2D eigenvalue weighted by Crippen LogP contribution is -2.22. The van der Waals surface area contributed by atoms with Gasteiger partial charge in [0.05, 0.1) is 0 Å². The summed E-state index contributed by atoms with van der Waals surface area (Å²) in [6.45, 7) is 3.23. The lowest BCUT2D eigenvalue weighted by Gasteiger charge is -2.12. The molecule has 0 saturated carbocycles. The number of nitrogens with one attached hydrogen (secondary N) is 1. The Morgan fingerprint density at radius 3 is 2.86 bits per heavy atom. The van der Waals surface area contributed by atoms with E-state index in [2.05, 4.69) is 5.48 Å². The monoisotopic (exact) mass is 213 g/mol. The van der Waals surface area contributed by atoms with E-state index in [0.29, 0.717) is 5.02 Å². The first-order chi connectivity index (χ1) is 6.59. The van der Waals surface area contributed by atoms with Crippen LogP contribution in [0.2, 0.25) is 5.02 Å². The zero-order valence-corrected chi connectivity index (χ0v) is 8.84. The standard InChI is InChI=1S/C10H12ClNO2/c1-7(14-12-8(2)13)9-4-3-5-10(11)6-9/h3-7H,1-2H3,(H,12,13)/t7-/m0/s1. The van der Waals surface area contributed by atoms with E-state index in [1.54, 1.807) is 12.1 Å². The van der Waals surface area contributed by atoms with Gasteiger partial charge in [0.25, 0.3) is 0 Å². The molecule has 1 N–H and O–H groups in total. The zero-order chi connectivity index (χ0) is 10.6. The summed E-state index contributed by atoms with van der Waals surface area (Å²) in [5.41, 5.74) is 3.20. The van der Waals surface area contributed by atoms with Crippen LogP contribution in [0, 0.1) is 0 Å². The summed E-state index contributed by atoms with van der Waals surface area (Å²) < 4.78 is 0.